The lowest BCUT2D eigenvalue weighted by molar-refractivity contribution is 0.00578. The molecule has 8 rings (SSSR count). The lowest BCUT2D eigenvalue weighted by atomic mass is 9.78. The van der Waals surface area contributed by atoms with Crippen LogP contribution in [0.5, 0.6) is 0 Å². The quantitative estimate of drug-likeness (QED) is 0.215. The van der Waals surface area contributed by atoms with E-state index in [0.717, 1.165) is 66.0 Å². The van der Waals surface area contributed by atoms with E-state index < -0.39 is 7.12 Å². The number of fused-ring (bicyclic) bond motifs is 7. The van der Waals surface area contributed by atoms with Crippen LogP contribution >= 0.6 is 0 Å². The molecule has 41 heavy (non-hydrogen) atoms. The van der Waals surface area contributed by atoms with E-state index in [1.165, 1.54) is 0 Å². The van der Waals surface area contributed by atoms with Crippen LogP contribution in [0.15, 0.2) is 108 Å². The van der Waals surface area contributed by atoms with E-state index in [1.807, 2.05) is 24.5 Å². The third-order valence-electron chi connectivity index (χ3n) is 8.93. The van der Waals surface area contributed by atoms with Gasteiger partial charge in [-0.05, 0) is 74.6 Å². The molecule has 4 heterocycles. The molecule has 6 heteroatoms. The molecule has 0 saturated carbocycles. The summed E-state index contributed by atoms with van der Waals surface area (Å²) >= 11 is 0. The van der Waals surface area contributed by atoms with E-state index in [1.54, 1.807) is 0 Å². The maximum absolute atomic E-state index is 6.51. The average Bonchev–Trinajstić information content (AvgIpc) is 3.59. The number of nitrogens with zero attached hydrogens (tertiary/aromatic N) is 2. The predicted octanol–water partition coefficient (Wildman–Crippen LogP) is 8.04. The molecule has 1 fully saturated rings. The van der Waals surface area contributed by atoms with Gasteiger partial charge in [-0.3, -0.25) is 4.98 Å². The fourth-order valence-corrected chi connectivity index (χ4v) is 6.06. The molecule has 1 aliphatic rings. The van der Waals surface area contributed by atoms with Gasteiger partial charge in [0, 0.05) is 33.4 Å². The minimum Gasteiger partial charge on any atom is -0.454 e. The highest BCUT2D eigenvalue weighted by Gasteiger charge is 2.51. The molecule has 0 aliphatic carbocycles. The number of pyridine rings is 1. The summed E-state index contributed by atoms with van der Waals surface area (Å²) in [7, 11) is -0.409. The van der Waals surface area contributed by atoms with Crippen LogP contribution in [0.1, 0.15) is 27.7 Å². The van der Waals surface area contributed by atoms with Crippen molar-refractivity contribution in [2.75, 3.05) is 0 Å². The summed E-state index contributed by atoms with van der Waals surface area (Å²) in [6.07, 6.45) is 3.79. The molecule has 1 aliphatic heterocycles. The van der Waals surface area contributed by atoms with Crippen molar-refractivity contribution >= 4 is 56.3 Å². The first-order chi connectivity index (χ1) is 19.8. The van der Waals surface area contributed by atoms with Crippen molar-refractivity contribution in [2.45, 2.75) is 38.9 Å². The largest absolute Gasteiger partial charge is 0.494 e. The van der Waals surface area contributed by atoms with Gasteiger partial charge in [0.15, 0.2) is 5.58 Å². The summed E-state index contributed by atoms with van der Waals surface area (Å²) in [6.45, 7) is 8.33. The molecule has 5 nitrogen and oxygen atoms in total. The maximum atomic E-state index is 6.51. The van der Waals surface area contributed by atoms with Gasteiger partial charge in [0.05, 0.1) is 28.4 Å². The molecule has 7 aromatic rings. The number of furan rings is 1. The van der Waals surface area contributed by atoms with E-state index in [2.05, 4.69) is 116 Å². The average molecular weight is 536 g/mol. The normalized spacial score (nSPS) is 16.4. The molecule has 1 saturated heterocycles. The third kappa shape index (κ3) is 3.61. The lowest BCUT2D eigenvalue weighted by Gasteiger charge is -2.32. The minimum absolute atomic E-state index is 0.389. The Bertz CT molecular complexity index is 2120. The van der Waals surface area contributed by atoms with Gasteiger partial charge in [-0.2, -0.15) is 0 Å². The van der Waals surface area contributed by atoms with E-state index in [-0.39, 0.29) is 11.2 Å². The van der Waals surface area contributed by atoms with Gasteiger partial charge in [-0.25, -0.2) is 0 Å². The Hall–Kier alpha value is -4.39. The van der Waals surface area contributed by atoms with Crippen LogP contribution in [0.2, 0.25) is 0 Å². The van der Waals surface area contributed by atoms with E-state index >= 15 is 0 Å². The lowest BCUT2D eigenvalue weighted by Crippen LogP contribution is -2.41. The zero-order valence-corrected chi connectivity index (χ0v) is 23.5. The van der Waals surface area contributed by atoms with Crippen LogP contribution in [0.3, 0.4) is 0 Å². The van der Waals surface area contributed by atoms with Gasteiger partial charge >= 0.3 is 7.12 Å². The Morgan fingerprint density at radius 1 is 0.683 bits per heavy atom. The molecule has 0 atom stereocenters. The molecule has 0 unspecified atom stereocenters. The summed E-state index contributed by atoms with van der Waals surface area (Å²) in [5, 5.41) is 4.51. The second kappa shape index (κ2) is 8.56. The number of benzene rings is 4. The van der Waals surface area contributed by atoms with Gasteiger partial charge in [0.25, 0.3) is 0 Å². The first kappa shape index (κ1) is 24.4. The van der Waals surface area contributed by atoms with Crippen molar-refractivity contribution in [3.63, 3.8) is 0 Å². The van der Waals surface area contributed by atoms with Crippen molar-refractivity contribution < 1.29 is 13.7 Å². The molecule has 0 radical (unpaired) electrons. The number of rotatable bonds is 3. The number of aromatic nitrogens is 2. The molecular weight excluding hydrogens is 507 g/mol. The van der Waals surface area contributed by atoms with Gasteiger partial charge < -0.3 is 18.3 Å². The number of hydrogen-bond donors (Lipinski definition) is 0. The number of para-hydroxylation sites is 1. The fraction of sp³-hybridized carbons (Fsp3) is 0.171. The zero-order chi connectivity index (χ0) is 27.9. The number of hydrogen-bond acceptors (Lipinski definition) is 4. The summed E-state index contributed by atoms with van der Waals surface area (Å²) in [6, 6.07) is 31.8. The monoisotopic (exact) mass is 536 g/mol. The molecule has 0 N–H and O–H groups in total. The van der Waals surface area contributed by atoms with Crippen LogP contribution in [-0.4, -0.2) is 27.9 Å². The minimum atomic E-state index is -0.409. The van der Waals surface area contributed by atoms with Crippen LogP contribution in [0.4, 0.5) is 0 Å². The van der Waals surface area contributed by atoms with Crippen molar-refractivity contribution in [1.29, 1.82) is 0 Å². The summed E-state index contributed by atoms with van der Waals surface area (Å²) in [4.78, 5) is 4.50. The fourth-order valence-electron chi connectivity index (χ4n) is 6.06. The third-order valence-corrected chi connectivity index (χ3v) is 8.93. The van der Waals surface area contributed by atoms with E-state index in [0.29, 0.717) is 0 Å². The maximum Gasteiger partial charge on any atom is 0.494 e. The van der Waals surface area contributed by atoms with Crippen molar-refractivity contribution in [1.82, 2.24) is 9.55 Å². The smallest absolute Gasteiger partial charge is 0.454 e. The van der Waals surface area contributed by atoms with Crippen molar-refractivity contribution in [2.24, 2.45) is 0 Å². The van der Waals surface area contributed by atoms with Gasteiger partial charge in [-0.15, -0.1) is 0 Å². The highest BCUT2D eigenvalue weighted by Crippen LogP contribution is 2.40. The van der Waals surface area contributed by atoms with Crippen molar-refractivity contribution in [3.05, 3.63) is 103 Å². The van der Waals surface area contributed by atoms with Crippen LogP contribution in [0, 0.1) is 0 Å². The molecule has 200 valence electrons. The summed E-state index contributed by atoms with van der Waals surface area (Å²) in [5.41, 5.74) is 7.35. The Kier molecular flexibility index (Phi) is 5.10. The Balaban J connectivity index is 1.31. The van der Waals surface area contributed by atoms with Gasteiger partial charge in [0.2, 0.25) is 0 Å². The molecule has 4 aromatic carbocycles. The van der Waals surface area contributed by atoms with Gasteiger partial charge in [0.1, 0.15) is 5.58 Å². The van der Waals surface area contributed by atoms with E-state index in [9.17, 15) is 0 Å². The van der Waals surface area contributed by atoms with Crippen LogP contribution in [0.25, 0.3) is 60.6 Å². The standard InChI is InChI=1S/C35H29BN2O3/c1-34(2)35(3,4)41-36(40-34)24-11-7-9-22(19-24)23-10-8-12-25(20-23)38-30-21-37-18-17-26(30)28-15-16-29-27-13-5-6-14-31(27)39-33(29)32(28)38/h5-21H,1-4H3. The van der Waals surface area contributed by atoms with E-state index in [4.69, 9.17) is 13.7 Å². The Labute approximate surface area is 238 Å². The summed E-state index contributed by atoms with van der Waals surface area (Å²) < 4.78 is 21.5. The first-order valence-corrected chi connectivity index (χ1v) is 14.1. The molecular formula is C35H29BN2O3. The molecule has 0 spiro atoms. The molecule has 0 amide bonds. The highest BCUT2D eigenvalue weighted by molar-refractivity contribution is 6.62. The van der Waals surface area contributed by atoms with Crippen LogP contribution in [-0.2, 0) is 9.31 Å². The topological polar surface area (TPSA) is 49.4 Å². The van der Waals surface area contributed by atoms with Gasteiger partial charge in [-0.1, -0.05) is 60.7 Å². The molecule has 0 bridgehead atoms. The predicted molar refractivity (Wildman–Crippen MR) is 167 cm³/mol. The first-order valence-electron chi connectivity index (χ1n) is 14.1. The summed E-state index contributed by atoms with van der Waals surface area (Å²) in [5.74, 6) is 0. The van der Waals surface area contributed by atoms with Crippen molar-refractivity contribution in [3.8, 4) is 16.8 Å². The second-order valence-electron chi connectivity index (χ2n) is 11.9. The zero-order valence-electron chi connectivity index (χ0n) is 23.5. The second-order valence-corrected chi connectivity index (χ2v) is 11.9. The highest BCUT2D eigenvalue weighted by atomic mass is 16.7. The van der Waals surface area contributed by atoms with Crippen LogP contribution < -0.4 is 5.46 Å². The Morgan fingerprint density at radius 3 is 2.24 bits per heavy atom. The molecule has 3 aromatic heterocycles. The SMILES string of the molecule is CC1(C)OB(c2cccc(-c3cccc(-n4c5cnccc5c5ccc6c7ccccc7oc6c54)c3)c2)OC1(C)C. The Morgan fingerprint density at radius 2 is 1.41 bits per heavy atom.